The van der Waals surface area contributed by atoms with Crippen molar-refractivity contribution in [1.82, 2.24) is 4.90 Å². The SMILES string of the molecule is COc1ccc(/C=C/C(=O)N(Cc2ccc(C#N)cc2)C(C)C)cc1OC. The lowest BCUT2D eigenvalue weighted by Crippen LogP contribution is -2.35. The summed E-state index contributed by atoms with van der Waals surface area (Å²) in [5.41, 5.74) is 2.44. The molecule has 0 unspecified atom stereocenters. The molecule has 0 saturated heterocycles. The minimum Gasteiger partial charge on any atom is -0.493 e. The maximum absolute atomic E-state index is 12.7. The lowest BCUT2D eigenvalue weighted by Gasteiger charge is -2.25. The summed E-state index contributed by atoms with van der Waals surface area (Å²) in [6, 6.07) is 14.9. The fourth-order valence-corrected chi connectivity index (χ4v) is 2.62. The predicted molar refractivity (Wildman–Crippen MR) is 105 cm³/mol. The van der Waals surface area contributed by atoms with Crippen molar-refractivity contribution >= 4 is 12.0 Å². The molecule has 140 valence electrons. The van der Waals surface area contributed by atoms with Gasteiger partial charge in [-0.05, 0) is 55.3 Å². The highest BCUT2D eigenvalue weighted by molar-refractivity contribution is 5.92. The van der Waals surface area contributed by atoms with E-state index in [0.29, 0.717) is 23.6 Å². The number of hydrogen-bond donors (Lipinski definition) is 0. The highest BCUT2D eigenvalue weighted by Gasteiger charge is 2.15. The Bertz CT molecular complexity index is 849. The van der Waals surface area contributed by atoms with E-state index >= 15 is 0 Å². The van der Waals surface area contributed by atoms with Gasteiger partial charge in [-0.1, -0.05) is 18.2 Å². The maximum Gasteiger partial charge on any atom is 0.247 e. The van der Waals surface area contributed by atoms with E-state index in [2.05, 4.69) is 6.07 Å². The molecule has 0 aliphatic rings. The molecule has 27 heavy (non-hydrogen) atoms. The standard InChI is InChI=1S/C22H24N2O3/c1-16(2)24(15-19-7-5-18(14-23)6-8-19)22(25)12-10-17-9-11-20(26-3)21(13-17)27-4/h5-13,16H,15H2,1-4H3/b12-10+. The Morgan fingerprint density at radius 1 is 1.11 bits per heavy atom. The van der Waals surface area contributed by atoms with Crippen molar-refractivity contribution in [2.45, 2.75) is 26.4 Å². The molecule has 0 atom stereocenters. The van der Waals surface area contributed by atoms with Crippen LogP contribution in [0.1, 0.15) is 30.5 Å². The van der Waals surface area contributed by atoms with E-state index in [1.54, 1.807) is 49.5 Å². The monoisotopic (exact) mass is 364 g/mol. The van der Waals surface area contributed by atoms with Gasteiger partial charge >= 0.3 is 0 Å². The van der Waals surface area contributed by atoms with Gasteiger partial charge < -0.3 is 14.4 Å². The summed E-state index contributed by atoms with van der Waals surface area (Å²) in [6.45, 7) is 4.44. The first-order valence-electron chi connectivity index (χ1n) is 8.68. The third-order valence-corrected chi connectivity index (χ3v) is 4.17. The molecule has 0 radical (unpaired) electrons. The maximum atomic E-state index is 12.7. The van der Waals surface area contributed by atoms with E-state index in [0.717, 1.165) is 11.1 Å². The van der Waals surface area contributed by atoms with E-state index in [-0.39, 0.29) is 11.9 Å². The van der Waals surface area contributed by atoms with Gasteiger partial charge in [0.05, 0.1) is 25.9 Å². The van der Waals surface area contributed by atoms with Crippen molar-refractivity contribution in [2.24, 2.45) is 0 Å². The molecule has 0 bridgehead atoms. The molecule has 0 aromatic heterocycles. The van der Waals surface area contributed by atoms with Crippen LogP contribution in [0.2, 0.25) is 0 Å². The number of nitriles is 1. The van der Waals surface area contributed by atoms with Crippen molar-refractivity contribution in [1.29, 1.82) is 5.26 Å². The fourth-order valence-electron chi connectivity index (χ4n) is 2.62. The first-order valence-corrected chi connectivity index (χ1v) is 8.68. The molecule has 0 N–H and O–H groups in total. The van der Waals surface area contributed by atoms with Gasteiger partial charge in [0.25, 0.3) is 0 Å². The Labute approximate surface area is 160 Å². The average molecular weight is 364 g/mol. The van der Waals surface area contributed by atoms with Crippen LogP contribution in [0.5, 0.6) is 11.5 Å². The summed E-state index contributed by atoms with van der Waals surface area (Å²) in [7, 11) is 3.16. The van der Waals surface area contributed by atoms with E-state index in [1.165, 1.54) is 0 Å². The topological polar surface area (TPSA) is 62.6 Å². The van der Waals surface area contributed by atoms with Crippen LogP contribution in [0, 0.1) is 11.3 Å². The Morgan fingerprint density at radius 3 is 2.33 bits per heavy atom. The summed E-state index contributed by atoms with van der Waals surface area (Å²) in [4.78, 5) is 14.5. The first kappa shape index (κ1) is 20.1. The third kappa shape index (κ3) is 5.35. The van der Waals surface area contributed by atoms with Crippen LogP contribution in [0.15, 0.2) is 48.5 Å². The molecule has 0 heterocycles. The minimum absolute atomic E-state index is 0.0446. The summed E-state index contributed by atoms with van der Waals surface area (Å²) in [5.74, 6) is 1.18. The van der Waals surface area contributed by atoms with Gasteiger partial charge in [0.1, 0.15) is 0 Å². The molecule has 0 aliphatic carbocycles. The molecule has 0 aliphatic heterocycles. The third-order valence-electron chi connectivity index (χ3n) is 4.17. The van der Waals surface area contributed by atoms with Crippen LogP contribution < -0.4 is 9.47 Å². The Hall–Kier alpha value is -3.26. The molecular formula is C22H24N2O3. The molecule has 0 saturated carbocycles. The van der Waals surface area contributed by atoms with Gasteiger partial charge in [-0.25, -0.2) is 0 Å². The smallest absolute Gasteiger partial charge is 0.247 e. The summed E-state index contributed by atoms with van der Waals surface area (Å²) in [6.07, 6.45) is 3.32. The Morgan fingerprint density at radius 2 is 1.78 bits per heavy atom. The van der Waals surface area contributed by atoms with Gasteiger partial charge in [0.15, 0.2) is 11.5 Å². The van der Waals surface area contributed by atoms with Crippen LogP contribution in [-0.2, 0) is 11.3 Å². The lowest BCUT2D eigenvalue weighted by atomic mass is 10.1. The quantitative estimate of drug-likeness (QED) is 0.696. The summed E-state index contributed by atoms with van der Waals surface area (Å²) < 4.78 is 10.5. The van der Waals surface area contributed by atoms with E-state index in [1.807, 2.05) is 38.1 Å². The molecule has 2 rings (SSSR count). The number of hydrogen-bond acceptors (Lipinski definition) is 4. The van der Waals surface area contributed by atoms with Crippen molar-refractivity contribution in [3.05, 3.63) is 65.2 Å². The molecule has 5 heteroatoms. The summed E-state index contributed by atoms with van der Waals surface area (Å²) in [5, 5.41) is 8.89. The molecule has 2 aromatic rings. The largest absolute Gasteiger partial charge is 0.493 e. The number of benzene rings is 2. The second-order valence-corrected chi connectivity index (χ2v) is 6.32. The minimum atomic E-state index is -0.0795. The number of carbonyl (C=O) groups is 1. The van der Waals surface area contributed by atoms with E-state index in [9.17, 15) is 4.79 Å². The molecule has 2 aromatic carbocycles. The highest BCUT2D eigenvalue weighted by Crippen LogP contribution is 2.28. The second-order valence-electron chi connectivity index (χ2n) is 6.32. The summed E-state index contributed by atoms with van der Waals surface area (Å²) >= 11 is 0. The zero-order valence-corrected chi connectivity index (χ0v) is 16.1. The molecule has 5 nitrogen and oxygen atoms in total. The predicted octanol–water partition coefficient (Wildman–Crippen LogP) is 4.03. The van der Waals surface area contributed by atoms with Crippen molar-refractivity contribution in [3.63, 3.8) is 0 Å². The molecule has 0 spiro atoms. The van der Waals surface area contributed by atoms with Crippen molar-refractivity contribution < 1.29 is 14.3 Å². The zero-order chi connectivity index (χ0) is 19.8. The van der Waals surface area contributed by atoms with Gasteiger partial charge in [-0.3, -0.25) is 4.79 Å². The first-order chi connectivity index (χ1) is 13.0. The Balaban J connectivity index is 2.14. The normalized spacial score (nSPS) is 10.7. The van der Waals surface area contributed by atoms with Crippen LogP contribution in [0.4, 0.5) is 0 Å². The van der Waals surface area contributed by atoms with Gasteiger partial charge in [0.2, 0.25) is 5.91 Å². The van der Waals surface area contributed by atoms with Gasteiger partial charge in [-0.2, -0.15) is 5.26 Å². The highest BCUT2D eigenvalue weighted by atomic mass is 16.5. The zero-order valence-electron chi connectivity index (χ0n) is 16.1. The second kappa shape index (κ2) is 9.44. The van der Waals surface area contributed by atoms with Crippen LogP contribution in [0.25, 0.3) is 6.08 Å². The molecule has 1 amide bonds. The number of methoxy groups -OCH3 is 2. The number of nitrogens with zero attached hydrogens (tertiary/aromatic N) is 2. The Kier molecular flexibility index (Phi) is 7.01. The fraction of sp³-hybridized carbons (Fsp3) is 0.273. The lowest BCUT2D eigenvalue weighted by molar-refractivity contribution is -0.128. The van der Waals surface area contributed by atoms with Crippen LogP contribution in [-0.4, -0.2) is 31.1 Å². The van der Waals surface area contributed by atoms with Crippen molar-refractivity contribution in [2.75, 3.05) is 14.2 Å². The number of carbonyl (C=O) groups excluding carboxylic acids is 1. The van der Waals surface area contributed by atoms with Crippen LogP contribution in [0.3, 0.4) is 0 Å². The molecular weight excluding hydrogens is 340 g/mol. The van der Waals surface area contributed by atoms with E-state index < -0.39 is 0 Å². The number of amides is 1. The average Bonchev–Trinajstić information content (AvgIpc) is 2.70. The van der Waals surface area contributed by atoms with E-state index in [4.69, 9.17) is 14.7 Å². The van der Waals surface area contributed by atoms with Gasteiger partial charge in [-0.15, -0.1) is 0 Å². The number of rotatable bonds is 7. The van der Waals surface area contributed by atoms with Crippen molar-refractivity contribution in [3.8, 4) is 17.6 Å². The van der Waals surface area contributed by atoms with Gasteiger partial charge in [0, 0.05) is 18.7 Å². The van der Waals surface area contributed by atoms with Crippen LogP contribution >= 0.6 is 0 Å². The molecule has 0 fully saturated rings. The number of ether oxygens (including phenoxy) is 2.